The summed E-state index contributed by atoms with van der Waals surface area (Å²) >= 11 is 7.01. The molecule has 10 heteroatoms. The summed E-state index contributed by atoms with van der Waals surface area (Å²) in [6, 6.07) is -0.822. The molecule has 1 saturated heterocycles. The molecule has 0 aromatic rings. The van der Waals surface area contributed by atoms with Crippen molar-refractivity contribution in [3.8, 4) is 0 Å². The van der Waals surface area contributed by atoms with Crippen molar-refractivity contribution in [3.05, 3.63) is 0 Å². The van der Waals surface area contributed by atoms with E-state index in [0.29, 0.717) is 25.0 Å². The van der Waals surface area contributed by atoms with Gasteiger partial charge < -0.3 is 19.9 Å². The topological polar surface area (TPSA) is 82.2 Å². The Morgan fingerprint density at radius 1 is 1.11 bits per heavy atom. The third-order valence-electron chi connectivity index (χ3n) is 5.84. The molecule has 0 unspecified atom stereocenters. The van der Waals surface area contributed by atoms with E-state index in [2.05, 4.69) is 31.0 Å². The number of thioether (sulfide) groups is 1. The zero-order chi connectivity index (χ0) is 26.4. The number of rotatable bonds is 16. The van der Waals surface area contributed by atoms with Crippen LogP contribution in [0.5, 0.6) is 0 Å². The van der Waals surface area contributed by atoms with Crippen LogP contribution in [0.15, 0.2) is 0 Å². The highest BCUT2D eigenvalue weighted by Crippen LogP contribution is 2.21. The van der Waals surface area contributed by atoms with E-state index in [1.165, 1.54) is 43.0 Å². The van der Waals surface area contributed by atoms with Crippen molar-refractivity contribution in [1.82, 2.24) is 20.0 Å². The van der Waals surface area contributed by atoms with Crippen LogP contribution in [0.2, 0.25) is 0 Å². The lowest BCUT2D eigenvalue weighted by Crippen LogP contribution is -2.56. The molecule has 2 amide bonds. The number of thiocarbonyl (C=S) groups is 1. The van der Waals surface area contributed by atoms with Gasteiger partial charge in [0.25, 0.3) is 0 Å². The average molecular weight is 531 g/mol. The number of hydrogen-bond donors (Lipinski definition) is 1. The highest BCUT2D eigenvalue weighted by Gasteiger charge is 2.36. The molecule has 1 aliphatic rings. The fourth-order valence-corrected chi connectivity index (χ4v) is 5.17. The molecule has 1 heterocycles. The molecule has 8 nitrogen and oxygen atoms in total. The van der Waals surface area contributed by atoms with Crippen molar-refractivity contribution in [2.75, 3.05) is 45.8 Å². The third-order valence-corrected chi connectivity index (χ3v) is 7.45. The van der Waals surface area contributed by atoms with Crippen molar-refractivity contribution in [2.24, 2.45) is 11.8 Å². The largest absolute Gasteiger partial charge is 0.467 e. The van der Waals surface area contributed by atoms with Gasteiger partial charge in [-0.15, -0.1) is 0 Å². The Balaban J connectivity index is 2.80. The maximum atomic E-state index is 13.4. The number of carbonyl (C=O) groups excluding carboxylic acids is 3. The number of carbonyl (C=O) groups is 3. The highest BCUT2D eigenvalue weighted by molar-refractivity contribution is 8.22. The number of nitrogens with one attached hydrogen (secondary N) is 1. The molecular formula is C25H46N4O4S2. The quantitative estimate of drug-likeness (QED) is 0.184. The summed E-state index contributed by atoms with van der Waals surface area (Å²) in [7, 11) is 1.31. The zero-order valence-electron chi connectivity index (χ0n) is 22.5. The molecule has 1 rings (SSSR count). The second kappa shape index (κ2) is 17.1. The Hall–Kier alpha value is -1.39. The first kappa shape index (κ1) is 31.6. The SMILES string of the molecule is CCCCCCCCNC(=O)CN(C(=O)CN1CSC(=S)N(CC(C)C)C1)[C@H](C(=O)OC)C(C)C. The van der Waals surface area contributed by atoms with E-state index in [1.807, 2.05) is 18.7 Å². The normalized spacial score (nSPS) is 15.4. The summed E-state index contributed by atoms with van der Waals surface area (Å²) in [4.78, 5) is 44.2. The number of unbranched alkanes of at least 4 members (excludes halogenated alkanes) is 5. The average Bonchev–Trinajstić information content (AvgIpc) is 2.79. The Bertz CT molecular complexity index is 690. The minimum atomic E-state index is -0.822. The first-order valence-electron chi connectivity index (χ1n) is 12.9. The van der Waals surface area contributed by atoms with Gasteiger partial charge in [0.05, 0.1) is 26.2 Å². The highest BCUT2D eigenvalue weighted by atomic mass is 32.2. The smallest absolute Gasteiger partial charge is 0.328 e. The lowest BCUT2D eigenvalue weighted by Gasteiger charge is -2.39. The van der Waals surface area contributed by atoms with E-state index in [-0.39, 0.29) is 30.8 Å². The first-order chi connectivity index (χ1) is 16.6. The molecule has 1 N–H and O–H groups in total. The molecule has 0 aromatic heterocycles. The molecule has 1 aliphatic heterocycles. The Kier molecular flexibility index (Phi) is 15.5. The van der Waals surface area contributed by atoms with E-state index < -0.39 is 12.0 Å². The van der Waals surface area contributed by atoms with Crippen molar-refractivity contribution in [2.45, 2.75) is 79.2 Å². The summed E-state index contributed by atoms with van der Waals surface area (Å²) in [5.41, 5.74) is 0. The molecule has 0 radical (unpaired) electrons. The molecule has 1 fully saturated rings. The van der Waals surface area contributed by atoms with Gasteiger partial charge in [0.15, 0.2) is 0 Å². The Morgan fingerprint density at radius 3 is 2.37 bits per heavy atom. The van der Waals surface area contributed by atoms with Gasteiger partial charge in [-0.2, -0.15) is 0 Å². The van der Waals surface area contributed by atoms with E-state index in [9.17, 15) is 14.4 Å². The number of esters is 1. The van der Waals surface area contributed by atoms with Crippen molar-refractivity contribution in [1.29, 1.82) is 0 Å². The van der Waals surface area contributed by atoms with Gasteiger partial charge in [-0.05, 0) is 18.3 Å². The van der Waals surface area contributed by atoms with Crippen molar-refractivity contribution in [3.63, 3.8) is 0 Å². The van der Waals surface area contributed by atoms with Crippen LogP contribution >= 0.6 is 24.0 Å². The van der Waals surface area contributed by atoms with Crippen LogP contribution in [-0.4, -0.2) is 88.7 Å². The molecule has 0 aliphatic carbocycles. The van der Waals surface area contributed by atoms with Crippen LogP contribution in [0, 0.1) is 11.8 Å². The number of methoxy groups -OCH3 is 1. The summed E-state index contributed by atoms with van der Waals surface area (Å²) in [6.07, 6.45) is 6.80. The van der Waals surface area contributed by atoms with Gasteiger partial charge in [-0.25, -0.2) is 4.79 Å². The van der Waals surface area contributed by atoms with Gasteiger partial charge in [-0.1, -0.05) is 90.7 Å². The summed E-state index contributed by atoms with van der Waals surface area (Å²) in [6.45, 7) is 12.0. The van der Waals surface area contributed by atoms with Crippen molar-refractivity contribution >= 4 is 46.1 Å². The zero-order valence-corrected chi connectivity index (χ0v) is 24.1. The Labute approximate surface area is 221 Å². The van der Waals surface area contributed by atoms with Crippen LogP contribution in [0.4, 0.5) is 0 Å². The molecule has 202 valence electrons. The second-order valence-electron chi connectivity index (χ2n) is 9.98. The lowest BCUT2D eigenvalue weighted by molar-refractivity contribution is -0.156. The van der Waals surface area contributed by atoms with Gasteiger partial charge >= 0.3 is 5.97 Å². The minimum absolute atomic E-state index is 0.106. The monoisotopic (exact) mass is 530 g/mol. The Morgan fingerprint density at radius 2 is 1.77 bits per heavy atom. The second-order valence-corrected chi connectivity index (χ2v) is 11.6. The predicted molar refractivity (Wildman–Crippen MR) is 147 cm³/mol. The standard InChI is InChI=1S/C25H46N4O4S2/c1-7-8-9-10-11-12-13-26-21(30)15-29(23(20(4)5)24(32)33-6)22(31)16-27-17-28(14-19(2)3)25(34)35-18-27/h19-20,23H,7-18H2,1-6H3,(H,26,30)/t23-/m0/s1. The van der Waals surface area contributed by atoms with Crippen LogP contribution in [0.1, 0.15) is 73.1 Å². The fraction of sp³-hybridized carbons (Fsp3) is 0.840. The lowest BCUT2D eigenvalue weighted by atomic mass is 10.0. The van der Waals surface area contributed by atoms with E-state index in [4.69, 9.17) is 17.0 Å². The summed E-state index contributed by atoms with van der Waals surface area (Å²) in [5, 5.41) is 2.92. The summed E-state index contributed by atoms with van der Waals surface area (Å²) in [5.74, 6) is -0.173. The number of hydrogen-bond acceptors (Lipinski definition) is 7. The molecule has 0 bridgehead atoms. The number of amides is 2. The maximum Gasteiger partial charge on any atom is 0.328 e. The van der Waals surface area contributed by atoms with Crippen LogP contribution in [0.25, 0.3) is 0 Å². The van der Waals surface area contributed by atoms with Crippen LogP contribution in [0.3, 0.4) is 0 Å². The minimum Gasteiger partial charge on any atom is -0.467 e. The number of nitrogens with zero attached hydrogens (tertiary/aromatic N) is 3. The maximum absolute atomic E-state index is 13.4. The number of ether oxygens (including phenoxy) is 1. The molecule has 0 spiro atoms. The summed E-state index contributed by atoms with van der Waals surface area (Å²) < 4.78 is 5.82. The van der Waals surface area contributed by atoms with Gasteiger partial charge in [0.2, 0.25) is 11.8 Å². The fourth-order valence-electron chi connectivity index (χ4n) is 4.09. The third kappa shape index (κ3) is 11.9. The molecule has 1 atom stereocenters. The van der Waals surface area contributed by atoms with Crippen LogP contribution < -0.4 is 5.32 Å². The van der Waals surface area contributed by atoms with E-state index in [0.717, 1.165) is 30.1 Å². The van der Waals surface area contributed by atoms with Gasteiger partial charge in [0, 0.05) is 13.1 Å². The van der Waals surface area contributed by atoms with Gasteiger partial charge in [-0.3, -0.25) is 14.5 Å². The van der Waals surface area contributed by atoms with E-state index in [1.54, 1.807) is 0 Å². The van der Waals surface area contributed by atoms with Crippen molar-refractivity contribution < 1.29 is 19.1 Å². The van der Waals surface area contributed by atoms with Gasteiger partial charge in [0.1, 0.15) is 16.9 Å². The molecule has 0 saturated carbocycles. The first-order valence-corrected chi connectivity index (χ1v) is 14.3. The predicted octanol–water partition coefficient (Wildman–Crippen LogP) is 3.70. The molecule has 0 aromatic carbocycles. The van der Waals surface area contributed by atoms with E-state index >= 15 is 0 Å². The molecule has 35 heavy (non-hydrogen) atoms. The molecular weight excluding hydrogens is 484 g/mol. The van der Waals surface area contributed by atoms with Crippen LogP contribution in [-0.2, 0) is 19.1 Å².